The zero-order valence-electron chi connectivity index (χ0n) is 7.75. The highest BCUT2D eigenvalue weighted by atomic mass is 79.9. The molecule has 0 atom stereocenters. The van der Waals surface area contributed by atoms with Crippen molar-refractivity contribution >= 4 is 38.7 Å². The van der Waals surface area contributed by atoms with Gasteiger partial charge in [0.15, 0.2) is 0 Å². The van der Waals surface area contributed by atoms with Crippen molar-refractivity contribution in [1.82, 2.24) is 4.72 Å². The quantitative estimate of drug-likeness (QED) is 0.831. The van der Waals surface area contributed by atoms with Gasteiger partial charge in [-0.3, -0.25) is 4.72 Å². The molecule has 14 heavy (non-hydrogen) atoms. The number of hydrogen-bond donors (Lipinski definition) is 1. The molecule has 2 rings (SSSR count). The van der Waals surface area contributed by atoms with Crippen molar-refractivity contribution in [3.63, 3.8) is 0 Å². The third kappa shape index (κ3) is 1.95. The van der Waals surface area contributed by atoms with E-state index in [2.05, 4.69) is 57.1 Å². The van der Waals surface area contributed by atoms with Gasteiger partial charge < -0.3 is 0 Å². The summed E-state index contributed by atoms with van der Waals surface area (Å²) < 4.78 is 4.22. The molecule has 0 aromatic heterocycles. The Hall–Kier alpha value is -0.510. The van der Waals surface area contributed by atoms with Gasteiger partial charge in [0, 0.05) is 9.37 Å². The Bertz CT molecular complexity index is 456. The molecule has 0 aliphatic heterocycles. The maximum Gasteiger partial charge on any atom is 0.0253 e. The third-order valence-electron chi connectivity index (χ3n) is 2.02. The maximum absolute atomic E-state index is 3.54. The van der Waals surface area contributed by atoms with Crippen LogP contribution in [0.5, 0.6) is 0 Å². The van der Waals surface area contributed by atoms with E-state index in [9.17, 15) is 0 Å². The lowest BCUT2D eigenvalue weighted by molar-refractivity contribution is 1.28. The lowest BCUT2D eigenvalue weighted by Crippen LogP contribution is -1.90. The average Bonchev–Trinajstić information content (AvgIpc) is 2.18. The number of fused-ring (bicyclic) bond motifs is 1. The van der Waals surface area contributed by atoms with Crippen molar-refractivity contribution in [3.8, 4) is 0 Å². The van der Waals surface area contributed by atoms with Gasteiger partial charge in [0.1, 0.15) is 0 Å². The SMILES string of the molecule is CNSc1ccc2c(Br)cccc2c1. The van der Waals surface area contributed by atoms with Crippen LogP contribution < -0.4 is 4.72 Å². The van der Waals surface area contributed by atoms with E-state index in [1.54, 1.807) is 11.9 Å². The van der Waals surface area contributed by atoms with Gasteiger partial charge in [-0.1, -0.05) is 34.1 Å². The number of nitrogens with one attached hydrogen (secondary N) is 1. The predicted molar refractivity (Wildman–Crippen MR) is 66.6 cm³/mol. The van der Waals surface area contributed by atoms with Crippen molar-refractivity contribution < 1.29 is 0 Å². The van der Waals surface area contributed by atoms with Crippen LogP contribution in [0.4, 0.5) is 0 Å². The molecule has 0 heterocycles. The second kappa shape index (κ2) is 4.34. The summed E-state index contributed by atoms with van der Waals surface area (Å²) in [6, 6.07) is 12.7. The summed E-state index contributed by atoms with van der Waals surface area (Å²) in [5.74, 6) is 0. The van der Waals surface area contributed by atoms with Crippen molar-refractivity contribution in [2.45, 2.75) is 4.90 Å². The molecule has 1 N–H and O–H groups in total. The molecular formula is C11H10BrNS. The first-order chi connectivity index (χ1) is 6.81. The summed E-state index contributed by atoms with van der Waals surface area (Å²) in [6.45, 7) is 0. The highest BCUT2D eigenvalue weighted by Gasteiger charge is 1.99. The molecule has 2 aromatic carbocycles. The first-order valence-electron chi connectivity index (χ1n) is 4.33. The second-order valence-corrected chi connectivity index (χ2v) is 4.87. The van der Waals surface area contributed by atoms with Gasteiger partial charge in [0.2, 0.25) is 0 Å². The molecule has 0 saturated heterocycles. The van der Waals surface area contributed by atoms with E-state index in [4.69, 9.17) is 0 Å². The van der Waals surface area contributed by atoms with Crippen LogP contribution in [0.1, 0.15) is 0 Å². The van der Waals surface area contributed by atoms with E-state index in [1.165, 1.54) is 15.7 Å². The summed E-state index contributed by atoms with van der Waals surface area (Å²) in [6.07, 6.45) is 0. The Labute approximate surface area is 96.2 Å². The molecule has 0 aliphatic carbocycles. The fourth-order valence-corrected chi connectivity index (χ4v) is 2.47. The zero-order valence-corrected chi connectivity index (χ0v) is 10.2. The van der Waals surface area contributed by atoms with Crippen LogP contribution in [0.15, 0.2) is 45.8 Å². The van der Waals surface area contributed by atoms with Crippen LogP contribution in [-0.4, -0.2) is 7.05 Å². The Kier molecular flexibility index (Phi) is 3.11. The molecule has 0 bridgehead atoms. The monoisotopic (exact) mass is 267 g/mol. The minimum atomic E-state index is 1.15. The fourth-order valence-electron chi connectivity index (χ4n) is 1.40. The highest BCUT2D eigenvalue weighted by molar-refractivity contribution is 9.10. The Morgan fingerprint density at radius 2 is 2.07 bits per heavy atom. The van der Waals surface area contributed by atoms with E-state index in [1.807, 2.05) is 7.05 Å². The molecule has 0 radical (unpaired) electrons. The lowest BCUT2D eigenvalue weighted by Gasteiger charge is -2.03. The van der Waals surface area contributed by atoms with Crippen LogP contribution in [0.2, 0.25) is 0 Å². The lowest BCUT2D eigenvalue weighted by atomic mass is 10.1. The van der Waals surface area contributed by atoms with Gasteiger partial charge in [-0.05, 0) is 48.0 Å². The normalized spacial score (nSPS) is 10.7. The van der Waals surface area contributed by atoms with E-state index >= 15 is 0 Å². The molecule has 1 nitrogen and oxygen atoms in total. The molecule has 72 valence electrons. The predicted octanol–water partition coefficient (Wildman–Crippen LogP) is 3.83. The molecule has 3 heteroatoms. The Morgan fingerprint density at radius 1 is 1.21 bits per heavy atom. The Morgan fingerprint density at radius 3 is 2.86 bits per heavy atom. The fraction of sp³-hybridized carbons (Fsp3) is 0.0909. The summed E-state index contributed by atoms with van der Waals surface area (Å²) in [7, 11) is 1.93. The number of rotatable bonds is 2. The van der Waals surface area contributed by atoms with Gasteiger partial charge >= 0.3 is 0 Å². The van der Waals surface area contributed by atoms with E-state index < -0.39 is 0 Å². The smallest absolute Gasteiger partial charge is 0.0253 e. The highest BCUT2D eigenvalue weighted by Crippen LogP contribution is 2.27. The molecule has 0 saturated carbocycles. The summed E-state index contributed by atoms with van der Waals surface area (Å²) >= 11 is 5.17. The van der Waals surface area contributed by atoms with E-state index in [0.29, 0.717) is 0 Å². The molecule has 0 unspecified atom stereocenters. The van der Waals surface area contributed by atoms with Crippen LogP contribution in [-0.2, 0) is 0 Å². The van der Waals surface area contributed by atoms with Gasteiger partial charge in [0.05, 0.1) is 0 Å². The molecular weight excluding hydrogens is 258 g/mol. The molecule has 0 aliphatic rings. The van der Waals surface area contributed by atoms with Crippen LogP contribution in [0, 0.1) is 0 Å². The largest absolute Gasteiger partial charge is 0.263 e. The average molecular weight is 268 g/mol. The van der Waals surface area contributed by atoms with Gasteiger partial charge in [-0.25, -0.2) is 0 Å². The summed E-state index contributed by atoms with van der Waals surface area (Å²) in [5, 5.41) is 2.52. The molecule has 2 aromatic rings. The molecule has 0 amide bonds. The summed E-state index contributed by atoms with van der Waals surface area (Å²) in [5.41, 5.74) is 0. The number of halogens is 1. The minimum Gasteiger partial charge on any atom is -0.263 e. The van der Waals surface area contributed by atoms with Gasteiger partial charge in [-0.2, -0.15) is 0 Å². The zero-order chi connectivity index (χ0) is 9.97. The minimum absolute atomic E-state index is 1.15. The van der Waals surface area contributed by atoms with Crippen LogP contribution in [0.25, 0.3) is 10.8 Å². The van der Waals surface area contributed by atoms with Gasteiger partial charge in [-0.15, -0.1) is 0 Å². The first kappa shape index (κ1) is 10.0. The van der Waals surface area contributed by atoms with Crippen LogP contribution >= 0.6 is 27.9 Å². The van der Waals surface area contributed by atoms with E-state index in [0.717, 1.165) is 4.47 Å². The van der Waals surface area contributed by atoms with E-state index in [-0.39, 0.29) is 0 Å². The second-order valence-electron chi connectivity index (χ2n) is 2.93. The maximum atomic E-state index is 3.54. The molecule has 0 fully saturated rings. The summed E-state index contributed by atoms with van der Waals surface area (Å²) in [4.78, 5) is 1.23. The topological polar surface area (TPSA) is 12.0 Å². The third-order valence-corrected chi connectivity index (χ3v) is 3.40. The number of hydrogen-bond acceptors (Lipinski definition) is 2. The molecule has 0 spiro atoms. The standard InChI is InChI=1S/C11H10BrNS/c1-13-14-9-5-6-10-8(7-9)3-2-4-11(10)12/h2-7,13H,1H3. The van der Waals surface area contributed by atoms with Crippen molar-refractivity contribution in [1.29, 1.82) is 0 Å². The number of benzene rings is 2. The van der Waals surface area contributed by atoms with Crippen molar-refractivity contribution in [3.05, 3.63) is 40.9 Å². The van der Waals surface area contributed by atoms with Crippen LogP contribution in [0.3, 0.4) is 0 Å². The van der Waals surface area contributed by atoms with Crippen molar-refractivity contribution in [2.75, 3.05) is 7.05 Å². The Balaban J connectivity index is 2.56. The van der Waals surface area contributed by atoms with Gasteiger partial charge in [0.25, 0.3) is 0 Å². The van der Waals surface area contributed by atoms with Crippen molar-refractivity contribution in [2.24, 2.45) is 0 Å². The first-order valence-corrected chi connectivity index (χ1v) is 5.94.